The van der Waals surface area contributed by atoms with Crippen LogP contribution in [0.5, 0.6) is 0 Å². The van der Waals surface area contributed by atoms with Crippen LogP contribution >= 0.6 is 23.2 Å². The number of sulfone groups is 1. The molecule has 0 atom stereocenters. The number of aromatic amines is 1. The van der Waals surface area contributed by atoms with Gasteiger partial charge in [0.2, 0.25) is 0 Å². The molecule has 210 valence electrons. The Morgan fingerprint density at radius 2 is 1.80 bits per heavy atom. The quantitative estimate of drug-likeness (QED) is 0.376. The number of benzene rings is 2. The molecule has 11 heteroatoms. The number of hydrogen-bond donors (Lipinski definition) is 2. The van der Waals surface area contributed by atoms with E-state index in [-0.39, 0.29) is 44.1 Å². The maximum absolute atomic E-state index is 13.5. The number of rotatable bonds is 6. The van der Waals surface area contributed by atoms with Crippen LogP contribution in [0.3, 0.4) is 0 Å². The summed E-state index contributed by atoms with van der Waals surface area (Å²) in [5.74, 6) is -0.895. The van der Waals surface area contributed by atoms with E-state index in [9.17, 15) is 18.0 Å². The summed E-state index contributed by atoms with van der Waals surface area (Å²) in [6.07, 6.45) is 3.40. The molecule has 5 rings (SSSR count). The van der Waals surface area contributed by atoms with Gasteiger partial charge in [0.1, 0.15) is 0 Å². The van der Waals surface area contributed by atoms with E-state index in [0.29, 0.717) is 28.1 Å². The fourth-order valence-electron chi connectivity index (χ4n) is 5.23. The van der Waals surface area contributed by atoms with E-state index in [1.54, 1.807) is 41.3 Å². The van der Waals surface area contributed by atoms with Crippen LogP contribution in [0.25, 0.3) is 11.6 Å². The third-order valence-electron chi connectivity index (χ3n) is 7.59. The molecule has 0 unspecified atom stereocenters. The lowest BCUT2D eigenvalue weighted by molar-refractivity contribution is -0.110. The highest BCUT2D eigenvalue weighted by Crippen LogP contribution is 2.37. The van der Waals surface area contributed by atoms with Gasteiger partial charge in [0.25, 0.3) is 11.8 Å². The summed E-state index contributed by atoms with van der Waals surface area (Å²) in [4.78, 5) is 33.8. The van der Waals surface area contributed by atoms with Gasteiger partial charge >= 0.3 is 0 Å². The maximum Gasteiger partial charge on any atom is 0.256 e. The highest BCUT2D eigenvalue weighted by molar-refractivity contribution is 7.90. The molecule has 0 aliphatic carbocycles. The number of amides is 2. The Morgan fingerprint density at radius 1 is 1.12 bits per heavy atom. The van der Waals surface area contributed by atoms with Gasteiger partial charge in [-0.15, -0.1) is 0 Å². The molecule has 2 aliphatic heterocycles. The Bertz CT molecular complexity index is 1620. The molecule has 2 aromatic carbocycles. The van der Waals surface area contributed by atoms with E-state index in [0.717, 1.165) is 31.6 Å². The number of fused-ring (bicyclic) bond motifs is 1. The number of halogens is 2. The molecule has 2 N–H and O–H groups in total. The van der Waals surface area contributed by atoms with Crippen molar-refractivity contribution in [1.82, 2.24) is 14.8 Å². The van der Waals surface area contributed by atoms with Crippen molar-refractivity contribution in [2.75, 3.05) is 32.5 Å². The highest BCUT2D eigenvalue weighted by atomic mass is 35.5. The topological polar surface area (TPSA) is 103 Å². The number of aryl methyl sites for hydroxylation is 1. The molecule has 40 heavy (non-hydrogen) atoms. The fourth-order valence-corrected chi connectivity index (χ4v) is 7.35. The monoisotopic (exact) mass is 600 g/mol. The number of hydrogen-bond acceptors (Lipinski definition) is 5. The van der Waals surface area contributed by atoms with Crippen LogP contribution in [0.2, 0.25) is 10.0 Å². The minimum atomic E-state index is -3.85. The number of nitrogens with zero attached hydrogens (tertiary/aromatic N) is 2. The van der Waals surface area contributed by atoms with E-state index in [2.05, 4.69) is 22.2 Å². The first kappa shape index (κ1) is 28.4. The summed E-state index contributed by atoms with van der Waals surface area (Å²) >= 11 is 12.4. The number of H-pyrrole nitrogens is 1. The highest BCUT2D eigenvalue weighted by Gasteiger charge is 2.30. The van der Waals surface area contributed by atoms with Crippen LogP contribution in [0.1, 0.15) is 45.7 Å². The second-order valence-corrected chi connectivity index (χ2v) is 13.2. The average molecular weight is 602 g/mol. The number of carbonyl (C=O) groups is 2. The predicted molar refractivity (Wildman–Crippen MR) is 158 cm³/mol. The van der Waals surface area contributed by atoms with Gasteiger partial charge in [-0.05, 0) is 82.4 Å². The molecule has 1 aromatic heterocycles. The third kappa shape index (κ3) is 5.56. The predicted octanol–water partition coefficient (Wildman–Crippen LogP) is 5.26. The van der Waals surface area contributed by atoms with Gasteiger partial charge < -0.3 is 20.1 Å². The van der Waals surface area contributed by atoms with Crippen LogP contribution in [-0.2, 0) is 20.4 Å². The van der Waals surface area contributed by atoms with E-state index in [4.69, 9.17) is 23.2 Å². The zero-order valence-electron chi connectivity index (χ0n) is 22.4. The minimum absolute atomic E-state index is 0.0330. The molecular formula is C29H30Cl2N4O4S. The molecule has 2 amide bonds. The Morgan fingerprint density at radius 3 is 2.48 bits per heavy atom. The first-order chi connectivity index (χ1) is 18.9. The van der Waals surface area contributed by atoms with Crippen LogP contribution in [0.4, 0.5) is 5.69 Å². The lowest BCUT2D eigenvalue weighted by Crippen LogP contribution is -2.44. The van der Waals surface area contributed by atoms with Gasteiger partial charge in [-0.3, -0.25) is 9.59 Å². The molecule has 0 radical (unpaired) electrons. The molecule has 3 heterocycles. The van der Waals surface area contributed by atoms with Gasteiger partial charge in [0, 0.05) is 45.6 Å². The Labute approximate surface area is 243 Å². The smallest absolute Gasteiger partial charge is 0.256 e. The number of likely N-dealkylation sites (tertiary alicyclic amines) is 1. The molecule has 0 spiro atoms. The normalized spacial score (nSPS) is 17.2. The molecule has 0 saturated carbocycles. The van der Waals surface area contributed by atoms with Crippen LogP contribution in [0.15, 0.2) is 47.4 Å². The summed E-state index contributed by atoms with van der Waals surface area (Å²) in [7, 11) is 0.0453. The van der Waals surface area contributed by atoms with Gasteiger partial charge in [-0.25, -0.2) is 8.42 Å². The van der Waals surface area contributed by atoms with Crippen LogP contribution in [-0.4, -0.2) is 68.2 Å². The number of nitrogens with one attached hydrogen (secondary N) is 2. The largest absolute Gasteiger partial charge is 0.358 e. The van der Waals surface area contributed by atoms with Crippen molar-refractivity contribution < 1.29 is 18.0 Å². The van der Waals surface area contributed by atoms with Crippen molar-refractivity contribution in [2.45, 2.75) is 36.5 Å². The fraction of sp³-hybridized carbons (Fsp3) is 0.310. The second-order valence-electron chi connectivity index (χ2n) is 10.4. The van der Waals surface area contributed by atoms with Crippen molar-refractivity contribution in [1.29, 1.82) is 0 Å². The standard InChI is InChI=1S/C29H30Cl2N4O4S/c1-17-13-22(29(37)35(3)18-9-11-34(2)12-10-18)27(32-17)15-21-20-14-19(7-8-26(20)33-28(21)36)40(38,39)16-23-24(30)5-4-6-25(23)31/h4-8,13-15,18,32H,9-12,16H2,1-3H3,(H,33,36)/b21-15-. The molecule has 3 aromatic rings. The first-order valence-electron chi connectivity index (χ1n) is 12.9. The lowest BCUT2D eigenvalue weighted by Gasteiger charge is -2.35. The molecule has 8 nitrogen and oxygen atoms in total. The van der Waals surface area contributed by atoms with E-state index >= 15 is 0 Å². The summed E-state index contributed by atoms with van der Waals surface area (Å²) < 4.78 is 26.7. The molecule has 1 fully saturated rings. The van der Waals surface area contributed by atoms with Crippen molar-refractivity contribution in [3.8, 4) is 0 Å². The first-order valence-corrected chi connectivity index (χ1v) is 15.3. The minimum Gasteiger partial charge on any atom is -0.358 e. The van der Waals surface area contributed by atoms with E-state index in [1.807, 2.05) is 14.0 Å². The number of aromatic nitrogens is 1. The molecule has 2 aliphatic rings. The zero-order valence-corrected chi connectivity index (χ0v) is 24.8. The molecular weight excluding hydrogens is 571 g/mol. The van der Waals surface area contributed by atoms with Crippen LogP contribution in [0, 0.1) is 6.92 Å². The second kappa shape index (κ2) is 11.0. The lowest BCUT2D eigenvalue weighted by atomic mass is 10.0. The van der Waals surface area contributed by atoms with Crippen LogP contribution < -0.4 is 5.32 Å². The Balaban J connectivity index is 1.47. The number of anilines is 1. The van der Waals surface area contributed by atoms with Gasteiger partial charge in [0.15, 0.2) is 9.84 Å². The van der Waals surface area contributed by atoms with Gasteiger partial charge in [-0.2, -0.15) is 0 Å². The third-order valence-corrected chi connectivity index (χ3v) is 9.94. The summed E-state index contributed by atoms with van der Waals surface area (Å²) in [6, 6.07) is 11.2. The average Bonchev–Trinajstić information content (AvgIpc) is 3.44. The molecule has 1 saturated heterocycles. The van der Waals surface area contributed by atoms with E-state index < -0.39 is 9.84 Å². The van der Waals surface area contributed by atoms with Crippen molar-refractivity contribution in [3.63, 3.8) is 0 Å². The maximum atomic E-state index is 13.5. The van der Waals surface area contributed by atoms with E-state index in [1.165, 1.54) is 12.1 Å². The van der Waals surface area contributed by atoms with Crippen molar-refractivity contribution >= 4 is 62.2 Å². The number of piperidine rings is 1. The summed E-state index contributed by atoms with van der Waals surface area (Å²) in [5, 5.41) is 3.32. The van der Waals surface area contributed by atoms with Crippen molar-refractivity contribution in [3.05, 3.63) is 80.6 Å². The SMILES string of the molecule is Cc1cc(C(=O)N(C)C2CCN(C)CC2)c(/C=C2\C(=O)Nc3ccc(S(=O)(=O)Cc4c(Cl)cccc4Cl)cc32)[nH]1. The van der Waals surface area contributed by atoms with Gasteiger partial charge in [0.05, 0.1) is 27.5 Å². The summed E-state index contributed by atoms with van der Waals surface area (Å²) in [6.45, 7) is 3.70. The number of carbonyl (C=O) groups excluding carboxylic acids is 2. The Hall–Kier alpha value is -3.11. The van der Waals surface area contributed by atoms with Gasteiger partial charge in [-0.1, -0.05) is 29.3 Å². The zero-order chi connectivity index (χ0) is 28.8. The van der Waals surface area contributed by atoms with Crippen molar-refractivity contribution in [2.24, 2.45) is 0 Å². The Kier molecular flexibility index (Phi) is 7.85. The summed E-state index contributed by atoms with van der Waals surface area (Å²) in [5.41, 5.74) is 3.24. The molecule has 0 bridgehead atoms.